The van der Waals surface area contributed by atoms with E-state index in [4.69, 9.17) is 13.6 Å². The summed E-state index contributed by atoms with van der Waals surface area (Å²) >= 11 is 0. The summed E-state index contributed by atoms with van der Waals surface area (Å²) in [5.74, 6) is 0.211. The van der Waals surface area contributed by atoms with Crippen LogP contribution in [0.25, 0.3) is 22.2 Å². The fourth-order valence-corrected chi connectivity index (χ4v) is 5.25. The lowest BCUT2D eigenvalue weighted by atomic mass is 10.1. The number of rotatable bonds is 4. The predicted molar refractivity (Wildman–Crippen MR) is 129 cm³/mol. The highest BCUT2D eigenvalue weighted by Crippen LogP contribution is 2.35. The Morgan fingerprint density at radius 2 is 1.83 bits per heavy atom. The molecule has 0 spiro atoms. The second-order valence-corrected chi connectivity index (χ2v) is 9.37. The van der Waals surface area contributed by atoms with Crippen molar-refractivity contribution in [3.63, 3.8) is 0 Å². The van der Waals surface area contributed by atoms with Crippen molar-refractivity contribution in [3.05, 3.63) is 73.7 Å². The molecule has 2 aromatic heterocycles. The first-order valence-electron chi connectivity index (χ1n) is 12.1. The molecule has 36 heavy (non-hydrogen) atoms. The molecule has 6 rings (SSSR count). The minimum Gasteiger partial charge on any atom is -0.413 e. The highest BCUT2D eigenvalue weighted by Gasteiger charge is 2.32. The van der Waals surface area contributed by atoms with E-state index < -0.39 is 23.5 Å². The molecule has 10 heteroatoms. The van der Waals surface area contributed by atoms with Gasteiger partial charge in [0.25, 0.3) is 5.91 Å². The second-order valence-electron chi connectivity index (χ2n) is 9.37. The molecule has 2 atom stereocenters. The third-order valence-corrected chi connectivity index (χ3v) is 7.14. The first-order chi connectivity index (χ1) is 17.4. The van der Waals surface area contributed by atoms with E-state index in [0.29, 0.717) is 30.9 Å². The number of aliphatic hydroxyl groups excluding tert-OH is 1. The van der Waals surface area contributed by atoms with Crippen molar-refractivity contribution in [2.24, 2.45) is 7.05 Å². The molecule has 1 fully saturated rings. The van der Waals surface area contributed by atoms with E-state index in [1.165, 1.54) is 0 Å². The molecule has 1 aliphatic carbocycles. The van der Waals surface area contributed by atoms with Gasteiger partial charge in [0.2, 0.25) is 5.58 Å². The summed E-state index contributed by atoms with van der Waals surface area (Å²) in [6, 6.07) is 9.37. The third kappa shape index (κ3) is 3.64. The van der Waals surface area contributed by atoms with Crippen LogP contribution >= 0.6 is 0 Å². The van der Waals surface area contributed by atoms with Crippen LogP contribution < -0.4 is 11.3 Å². The molecule has 0 saturated carbocycles. The number of hydrogen-bond acceptors (Lipinski definition) is 8. The van der Waals surface area contributed by atoms with Crippen LogP contribution in [0.4, 0.5) is 0 Å². The van der Waals surface area contributed by atoms with Crippen LogP contribution in [-0.2, 0) is 24.8 Å². The van der Waals surface area contributed by atoms with Crippen molar-refractivity contribution in [1.82, 2.24) is 14.5 Å². The number of carbonyl (C=O) groups is 1. The highest BCUT2D eigenvalue weighted by atomic mass is 16.5. The van der Waals surface area contributed by atoms with E-state index >= 15 is 0 Å². The SMILES string of the molecule is Cn1c(COC2c3ccccc3CC2O)nc2c3oc(=O)c(=O)oc3c(C(=O)N3CCCCC3)cc21. The fraction of sp³-hybridized carbons (Fsp3) is 0.385. The number of carbonyl (C=O) groups excluding carboxylic acids is 1. The Morgan fingerprint density at radius 1 is 1.11 bits per heavy atom. The van der Waals surface area contributed by atoms with Crippen LogP contribution in [0, 0.1) is 0 Å². The number of aryl methyl sites for hydroxylation is 1. The smallest absolute Gasteiger partial charge is 0.413 e. The topological polar surface area (TPSA) is 128 Å². The minimum atomic E-state index is -1.18. The number of aliphatic hydroxyl groups is 1. The van der Waals surface area contributed by atoms with E-state index in [-0.39, 0.29) is 34.8 Å². The molecule has 10 nitrogen and oxygen atoms in total. The zero-order chi connectivity index (χ0) is 25.0. The second kappa shape index (κ2) is 8.72. The van der Waals surface area contributed by atoms with Crippen LogP contribution in [0.15, 0.2) is 48.8 Å². The summed E-state index contributed by atoms with van der Waals surface area (Å²) in [6.45, 7) is 1.28. The average Bonchev–Trinajstić information content (AvgIpc) is 3.38. The lowest BCUT2D eigenvalue weighted by Gasteiger charge is -2.26. The van der Waals surface area contributed by atoms with Crippen molar-refractivity contribution < 1.29 is 23.5 Å². The number of nitrogens with zero attached hydrogens (tertiary/aromatic N) is 3. The molecule has 1 saturated heterocycles. The molecule has 4 aromatic rings. The van der Waals surface area contributed by atoms with Crippen LogP contribution in [-0.4, -0.2) is 44.7 Å². The third-order valence-electron chi connectivity index (χ3n) is 7.14. The van der Waals surface area contributed by atoms with Gasteiger partial charge in [-0.05, 0) is 36.5 Å². The largest absolute Gasteiger partial charge is 0.423 e. The normalized spacial score (nSPS) is 19.8. The van der Waals surface area contributed by atoms with Gasteiger partial charge in [-0.25, -0.2) is 14.6 Å². The Bertz CT molecular complexity index is 1610. The van der Waals surface area contributed by atoms with Crippen molar-refractivity contribution in [2.75, 3.05) is 13.1 Å². The summed E-state index contributed by atoms with van der Waals surface area (Å²) in [6.07, 6.45) is 2.20. The van der Waals surface area contributed by atoms with E-state index in [1.54, 1.807) is 22.6 Å². The molecule has 1 N–H and O–H groups in total. The minimum absolute atomic E-state index is 0.0504. The first kappa shape index (κ1) is 22.7. The molecule has 1 aliphatic heterocycles. The molecule has 2 aromatic carbocycles. The Morgan fingerprint density at radius 3 is 2.61 bits per heavy atom. The van der Waals surface area contributed by atoms with Gasteiger partial charge < -0.3 is 28.1 Å². The zero-order valence-corrected chi connectivity index (χ0v) is 19.7. The number of benzene rings is 2. The maximum atomic E-state index is 13.4. The fourth-order valence-electron chi connectivity index (χ4n) is 5.25. The molecule has 1 amide bonds. The van der Waals surface area contributed by atoms with E-state index in [1.807, 2.05) is 24.3 Å². The predicted octanol–water partition coefficient (Wildman–Crippen LogP) is 2.43. The van der Waals surface area contributed by atoms with Gasteiger partial charge >= 0.3 is 11.3 Å². The Labute approximate surface area is 204 Å². The summed E-state index contributed by atoms with van der Waals surface area (Å²) in [5.41, 5.74) is 0.471. The summed E-state index contributed by atoms with van der Waals surface area (Å²) < 4.78 is 18.4. The van der Waals surface area contributed by atoms with Crippen LogP contribution in [0.2, 0.25) is 0 Å². The molecule has 3 heterocycles. The number of likely N-dealkylation sites (tertiary alicyclic amines) is 1. The van der Waals surface area contributed by atoms with Gasteiger partial charge in [0, 0.05) is 26.6 Å². The van der Waals surface area contributed by atoms with Gasteiger partial charge in [0.05, 0.1) is 17.2 Å². The van der Waals surface area contributed by atoms with Crippen molar-refractivity contribution in [1.29, 1.82) is 0 Å². The van der Waals surface area contributed by atoms with Gasteiger partial charge in [0.1, 0.15) is 24.1 Å². The van der Waals surface area contributed by atoms with E-state index in [9.17, 15) is 19.5 Å². The molecule has 2 unspecified atom stereocenters. The first-order valence-corrected chi connectivity index (χ1v) is 12.1. The number of aromatic nitrogens is 2. The number of fused-ring (bicyclic) bond motifs is 4. The molecule has 0 radical (unpaired) electrons. The number of ether oxygens (including phenoxy) is 1. The maximum absolute atomic E-state index is 13.4. The number of hydrogen-bond donors (Lipinski definition) is 1. The molecular weight excluding hydrogens is 466 g/mol. The maximum Gasteiger partial charge on any atom is 0.423 e. The van der Waals surface area contributed by atoms with Crippen LogP contribution in [0.5, 0.6) is 0 Å². The zero-order valence-electron chi connectivity index (χ0n) is 19.7. The molecular formula is C26H25N3O7. The van der Waals surface area contributed by atoms with Crippen LogP contribution in [0.3, 0.4) is 0 Å². The van der Waals surface area contributed by atoms with Crippen molar-refractivity contribution in [2.45, 2.75) is 44.5 Å². The summed E-state index contributed by atoms with van der Waals surface area (Å²) in [5, 5.41) is 10.5. The quantitative estimate of drug-likeness (QED) is 0.431. The van der Waals surface area contributed by atoms with Crippen molar-refractivity contribution in [3.8, 4) is 0 Å². The van der Waals surface area contributed by atoms with Gasteiger partial charge in [-0.15, -0.1) is 0 Å². The standard InChI is InChI=1S/C26H25N3O7/c1-28-17-12-16(24(31)29-9-5-2-6-10-29)22-23(36-26(33)25(32)35-22)20(17)27-19(28)13-34-21-15-8-4-3-7-14(15)11-18(21)30/h3-4,7-8,12,18,21,30H,2,5-6,9-11,13H2,1H3. The summed E-state index contributed by atoms with van der Waals surface area (Å²) in [7, 11) is 1.77. The van der Waals surface area contributed by atoms with Crippen LogP contribution in [0.1, 0.15) is 52.7 Å². The Balaban J connectivity index is 1.42. The monoisotopic (exact) mass is 491 g/mol. The lowest BCUT2D eigenvalue weighted by Crippen LogP contribution is -2.36. The van der Waals surface area contributed by atoms with Gasteiger partial charge in [0.15, 0.2) is 5.58 Å². The van der Waals surface area contributed by atoms with Gasteiger partial charge in [-0.2, -0.15) is 0 Å². The number of imidazole rings is 1. The van der Waals surface area contributed by atoms with E-state index in [0.717, 1.165) is 30.4 Å². The number of amides is 1. The highest BCUT2D eigenvalue weighted by molar-refractivity contribution is 6.11. The molecule has 2 aliphatic rings. The average molecular weight is 492 g/mol. The Hall–Kier alpha value is -3.76. The van der Waals surface area contributed by atoms with Crippen molar-refractivity contribution >= 4 is 28.1 Å². The lowest BCUT2D eigenvalue weighted by molar-refractivity contribution is -0.0399. The molecule has 0 bridgehead atoms. The van der Waals surface area contributed by atoms with E-state index in [2.05, 4.69) is 4.98 Å². The Kier molecular flexibility index (Phi) is 5.50. The molecule has 186 valence electrons. The van der Waals surface area contributed by atoms with Gasteiger partial charge in [-0.1, -0.05) is 24.3 Å². The summed E-state index contributed by atoms with van der Waals surface area (Å²) in [4.78, 5) is 43.8. The van der Waals surface area contributed by atoms with Gasteiger partial charge in [-0.3, -0.25) is 4.79 Å². The number of piperidine rings is 1.